The summed E-state index contributed by atoms with van der Waals surface area (Å²) in [5.41, 5.74) is 8.88. The molecule has 2 N–H and O–H groups in total. The van der Waals surface area contributed by atoms with E-state index in [1.807, 2.05) is 13.1 Å². The Kier molecular flexibility index (Phi) is 3.83. The molecule has 1 aromatic carbocycles. The van der Waals surface area contributed by atoms with E-state index >= 15 is 0 Å². The lowest BCUT2D eigenvalue weighted by atomic mass is 10.2. The molecule has 0 aliphatic rings. The molecule has 2 aromatic rings. The van der Waals surface area contributed by atoms with E-state index in [2.05, 4.69) is 56.7 Å². The fourth-order valence-corrected chi connectivity index (χ4v) is 2.06. The van der Waals surface area contributed by atoms with E-state index in [0.29, 0.717) is 5.69 Å². The standard InChI is InChI=1S/C13H14IN3/c1-17(13-6-7-16-8-12(13)15)9-10-2-4-11(14)5-3-10/h2-8H,9,15H2,1H3. The zero-order chi connectivity index (χ0) is 12.3. The number of aromatic nitrogens is 1. The molecule has 0 saturated heterocycles. The molecule has 1 aromatic heterocycles. The Hall–Kier alpha value is -1.30. The van der Waals surface area contributed by atoms with Crippen molar-refractivity contribution in [2.24, 2.45) is 0 Å². The van der Waals surface area contributed by atoms with E-state index in [1.165, 1.54) is 9.13 Å². The molecule has 4 heteroatoms. The van der Waals surface area contributed by atoms with Gasteiger partial charge < -0.3 is 10.6 Å². The van der Waals surface area contributed by atoms with Crippen LogP contribution in [-0.2, 0) is 6.54 Å². The summed E-state index contributed by atoms with van der Waals surface area (Å²) in [7, 11) is 2.03. The van der Waals surface area contributed by atoms with Crippen LogP contribution >= 0.6 is 22.6 Å². The van der Waals surface area contributed by atoms with Crippen LogP contribution in [0.4, 0.5) is 11.4 Å². The Morgan fingerprint density at radius 1 is 1.24 bits per heavy atom. The lowest BCUT2D eigenvalue weighted by Gasteiger charge is -2.20. The first kappa shape index (κ1) is 12.2. The summed E-state index contributed by atoms with van der Waals surface area (Å²) < 4.78 is 1.25. The predicted octanol–water partition coefficient (Wildman–Crippen LogP) is 2.90. The van der Waals surface area contributed by atoms with Gasteiger partial charge in [0.25, 0.3) is 0 Å². The van der Waals surface area contributed by atoms with Gasteiger partial charge >= 0.3 is 0 Å². The third-order valence-corrected chi connectivity index (χ3v) is 3.29. The molecule has 17 heavy (non-hydrogen) atoms. The molecule has 3 nitrogen and oxygen atoms in total. The quantitative estimate of drug-likeness (QED) is 0.875. The summed E-state index contributed by atoms with van der Waals surface area (Å²) in [5, 5.41) is 0. The SMILES string of the molecule is CN(Cc1ccc(I)cc1)c1ccncc1N. The molecule has 88 valence electrons. The molecule has 0 fully saturated rings. The predicted molar refractivity (Wildman–Crippen MR) is 79.9 cm³/mol. The monoisotopic (exact) mass is 339 g/mol. The number of hydrogen-bond donors (Lipinski definition) is 1. The molecule has 0 radical (unpaired) electrons. The van der Waals surface area contributed by atoms with Crippen molar-refractivity contribution in [3.8, 4) is 0 Å². The molecule has 0 amide bonds. The summed E-state index contributed by atoms with van der Waals surface area (Å²) in [6.07, 6.45) is 3.44. The normalized spacial score (nSPS) is 10.2. The minimum atomic E-state index is 0.709. The number of halogens is 1. The largest absolute Gasteiger partial charge is 0.396 e. The fourth-order valence-electron chi connectivity index (χ4n) is 1.70. The van der Waals surface area contributed by atoms with E-state index < -0.39 is 0 Å². The summed E-state index contributed by atoms with van der Waals surface area (Å²) in [6, 6.07) is 10.4. The van der Waals surface area contributed by atoms with Crippen molar-refractivity contribution in [1.29, 1.82) is 0 Å². The van der Waals surface area contributed by atoms with Crippen LogP contribution in [0.2, 0.25) is 0 Å². The van der Waals surface area contributed by atoms with Crippen LogP contribution in [0.15, 0.2) is 42.7 Å². The number of hydrogen-bond acceptors (Lipinski definition) is 3. The third-order valence-electron chi connectivity index (χ3n) is 2.57. The van der Waals surface area contributed by atoms with Gasteiger partial charge in [-0.3, -0.25) is 4.98 Å². The smallest absolute Gasteiger partial charge is 0.0738 e. The molecule has 0 bridgehead atoms. The molecule has 0 aliphatic carbocycles. The average Bonchev–Trinajstić information content (AvgIpc) is 2.32. The Balaban J connectivity index is 2.14. The molecule has 0 spiro atoms. The van der Waals surface area contributed by atoms with Crippen LogP contribution in [0.3, 0.4) is 0 Å². The van der Waals surface area contributed by atoms with Gasteiger partial charge in [-0.25, -0.2) is 0 Å². The maximum atomic E-state index is 5.89. The molecule has 0 saturated carbocycles. The maximum Gasteiger partial charge on any atom is 0.0738 e. The average molecular weight is 339 g/mol. The highest BCUT2D eigenvalue weighted by molar-refractivity contribution is 14.1. The highest BCUT2D eigenvalue weighted by atomic mass is 127. The van der Waals surface area contributed by atoms with Gasteiger partial charge in [0.15, 0.2) is 0 Å². The Morgan fingerprint density at radius 3 is 2.59 bits per heavy atom. The first-order valence-corrected chi connectivity index (χ1v) is 6.40. The number of nitrogens with zero attached hydrogens (tertiary/aromatic N) is 2. The van der Waals surface area contributed by atoms with E-state index in [1.54, 1.807) is 12.4 Å². The van der Waals surface area contributed by atoms with Crippen molar-refractivity contribution in [3.63, 3.8) is 0 Å². The van der Waals surface area contributed by atoms with Crippen LogP contribution in [-0.4, -0.2) is 12.0 Å². The molecule has 2 rings (SSSR count). The molecular weight excluding hydrogens is 325 g/mol. The van der Waals surface area contributed by atoms with Gasteiger partial charge in [0.2, 0.25) is 0 Å². The van der Waals surface area contributed by atoms with E-state index in [4.69, 9.17) is 5.73 Å². The molecule has 0 atom stereocenters. The van der Waals surface area contributed by atoms with E-state index in [9.17, 15) is 0 Å². The van der Waals surface area contributed by atoms with Crippen LogP contribution < -0.4 is 10.6 Å². The molecule has 1 heterocycles. The maximum absolute atomic E-state index is 5.89. The van der Waals surface area contributed by atoms with Gasteiger partial charge in [-0.05, 0) is 46.4 Å². The van der Waals surface area contributed by atoms with Crippen LogP contribution in [0, 0.1) is 3.57 Å². The summed E-state index contributed by atoms with van der Waals surface area (Å²) in [6.45, 7) is 0.838. The Bertz CT molecular complexity index is 496. The second-order valence-corrected chi connectivity index (χ2v) is 5.16. The Morgan fingerprint density at radius 2 is 1.94 bits per heavy atom. The fraction of sp³-hybridized carbons (Fsp3) is 0.154. The van der Waals surface area contributed by atoms with E-state index in [-0.39, 0.29) is 0 Å². The van der Waals surface area contributed by atoms with Crippen molar-refractivity contribution in [2.45, 2.75) is 6.54 Å². The van der Waals surface area contributed by atoms with Gasteiger partial charge in [-0.1, -0.05) is 12.1 Å². The number of anilines is 2. The lowest BCUT2D eigenvalue weighted by molar-refractivity contribution is 0.922. The minimum absolute atomic E-state index is 0.709. The van der Waals surface area contributed by atoms with Crippen molar-refractivity contribution < 1.29 is 0 Å². The third kappa shape index (κ3) is 3.09. The summed E-state index contributed by atoms with van der Waals surface area (Å²) in [5.74, 6) is 0. The van der Waals surface area contributed by atoms with Crippen molar-refractivity contribution in [3.05, 3.63) is 51.9 Å². The minimum Gasteiger partial charge on any atom is -0.396 e. The molecular formula is C13H14IN3. The summed E-state index contributed by atoms with van der Waals surface area (Å²) >= 11 is 2.31. The summed E-state index contributed by atoms with van der Waals surface area (Å²) in [4.78, 5) is 6.12. The highest BCUT2D eigenvalue weighted by Crippen LogP contribution is 2.21. The van der Waals surface area contributed by atoms with Gasteiger partial charge in [0.05, 0.1) is 17.6 Å². The highest BCUT2D eigenvalue weighted by Gasteiger charge is 2.05. The first-order chi connectivity index (χ1) is 8.16. The van der Waals surface area contributed by atoms with Crippen molar-refractivity contribution >= 4 is 34.0 Å². The van der Waals surface area contributed by atoms with E-state index in [0.717, 1.165) is 12.2 Å². The van der Waals surface area contributed by atoms with Crippen LogP contribution in [0.25, 0.3) is 0 Å². The number of nitrogens with two attached hydrogens (primary N) is 1. The van der Waals surface area contributed by atoms with Crippen molar-refractivity contribution in [1.82, 2.24) is 4.98 Å². The lowest BCUT2D eigenvalue weighted by Crippen LogP contribution is -2.17. The second kappa shape index (κ2) is 5.35. The van der Waals surface area contributed by atoms with Crippen LogP contribution in [0.5, 0.6) is 0 Å². The molecule has 0 aliphatic heterocycles. The number of benzene rings is 1. The zero-order valence-electron chi connectivity index (χ0n) is 9.60. The number of pyridine rings is 1. The Labute approximate surface area is 115 Å². The second-order valence-electron chi connectivity index (χ2n) is 3.92. The van der Waals surface area contributed by atoms with Crippen LogP contribution in [0.1, 0.15) is 5.56 Å². The van der Waals surface area contributed by atoms with Gasteiger partial charge in [0.1, 0.15) is 0 Å². The van der Waals surface area contributed by atoms with Gasteiger partial charge in [-0.2, -0.15) is 0 Å². The number of nitrogen functional groups attached to an aromatic ring is 1. The zero-order valence-corrected chi connectivity index (χ0v) is 11.8. The van der Waals surface area contributed by atoms with Crippen molar-refractivity contribution in [2.75, 3.05) is 17.7 Å². The topological polar surface area (TPSA) is 42.2 Å². The van der Waals surface area contributed by atoms with Gasteiger partial charge in [-0.15, -0.1) is 0 Å². The molecule has 0 unspecified atom stereocenters. The van der Waals surface area contributed by atoms with Gasteiger partial charge in [0, 0.05) is 23.4 Å². The first-order valence-electron chi connectivity index (χ1n) is 5.32. The number of rotatable bonds is 3.